The van der Waals surface area contributed by atoms with E-state index >= 15 is 0 Å². The predicted molar refractivity (Wildman–Crippen MR) is 88.8 cm³/mol. The Balaban J connectivity index is 1.86. The molecule has 2 rings (SSSR count). The maximum atomic E-state index is 10.2. The van der Waals surface area contributed by atoms with Crippen LogP contribution < -0.4 is 5.32 Å². The smallest absolute Gasteiger partial charge is 0.0914 e. The van der Waals surface area contributed by atoms with Gasteiger partial charge in [-0.2, -0.15) is 0 Å². The maximum absolute atomic E-state index is 10.2. The highest BCUT2D eigenvalue weighted by Crippen LogP contribution is 2.17. The van der Waals surface area contributed by atoms with Crippen LogP contribution in [0.2, 0.25) is 5.02 Å². The van der Waals surface area contributed by atoms with Crippen LogP contribution in [0.3, 0.4) is 0 Å². The van der Waals surface area contributed by atoms with Crippen molar-refractivity contribution in [1.82, 2.24) is 5.32 Å². The van der Waals surface area contributed by atoms with Crippen LogP contribution in [0.4, 0.5) is 0 Å². The number of aliphatic hydroxyl groups excluding tert-OH is 1. The monoisotopic (exact) mass is 303 g/mol. The highest BCUT2D eigenvalue weighted by Gasteiger charge is 2.10. The first kappa shape index (κ1) is 16.0. The van der Waals surface area contributed by atoms with Crippen LogP contribution in [0.1, 0.15) is 29.7 Å². The summed E-state index contributed by atoms with van der Waals surface area (Å²) < 4.78 is 0. The quantitative estimate of drug-likeness (QED) is 0.848. The summed E-state index contributed by atoms with van der Waals surface area (Å²) in [6.07, 6.45) is 0.414. The largest absolute Gasteiger partial charge is 0.387 e. The molecule has 0 aliphatic carbocycles. The lowest BCUT2D eigenvalue weighted by Gasteiger charge is -2.18. The van der Waals surface area contributed by atoms with Gasteiger partial charge in [0.1, 0.15) is 0 Å². The molecule has 0 aliphatic rings. The zero-order valence-electron chi connectivity index (χ0n) is 12.5. The number of nitrogens with one attached hydrogen (secondary N) is 1. The third-order valence-electron chi connectivity index (χ3n) is 3.68. The lowest BCUT2D eigenvalue weighted by atomic mass is 10.0. The average Bonchev–Trinajstić information content (AvgIpc) is 2.47. The van der Waals surface area contributed by atoms with Crippen molar-refractivity contribution >= 4 is 11.6 Å². The number of rotatable bonds is 6. The van der Waals surface area contributed by atoms with Crippen molar-refractivity contribution < 1.29 is 5.11 Å². The zero-order chi connectivity index (χ0) is 15.2. The second-order valence-electron chi connectivity index (χ2n) is 5.51. The second-order valence-corrected chi connectivity index (χ2v) is 5.95. The number of hydrogen-bond acceptors (Lipinski definition) is 2. The molecule has 1 unspecified atom stereocenters. The van der Waals surface area contributed by atoms with E-state index in [1.165, 1.54) is 11.1 Å². The van der Waals surface area contributed by atoms with Gasteiger partial charge in [0.2, 0.25) is 0 Å². The van der Waals surface area contributed by atoms with E-state index in [9.17, 15) is 5.11 Å². The Labute approximate surface area is 131 Å². The summed E-state index contributed by atoms with van der Waals surface area (Å²) in [6, 6.07) is 16.1. The third-order valence-corrected chi connectivity index (χ3v) is 3.92. The first-order chi connectivity index (χ1) is 10.1. The van der Waals surface area contributed by atoms with E-state index in [0.29, 0.717) is 17.6 Å². The van der Waals surface area contributed by atoms with Gasteiger partial charge in [-0.15, -0.1) is 0 Å². The first-order valence-electron chi connectivity index (χ1n) is 7.27. The summed E-state index contributed by atoms with van der Waals surface area (Å²) in [5.41, 5.74) is 3.49. The van der Waals surface area contributed by atoms with Gasteiger partial charge < -0.3 is 10.4 Å². The fraction of sp³-hybridized carbons (Fsp3) is 0.333. The van der Waals surface area contributed by atoms with Gasteiger partial charge in [0.15, 0.2) is 0 Å². The molecule has 2 aromatic carbocycles. The Morgan fingerprint density at radius 3 is 2.62 bits per heavy atom. The average molecular weight is 304 g/mol. The van der Waals surface area contributed by atoms with Gasteiger partial charge in [0, 0.05) is 17.6 Å². The Bertz CT molecular complexity index is 585. The fourth-order valence-electron chi connectivity index (χ4n) is 2.39. The highest BCUT2D eigenvalue weighted by atomic mass is 35.5. The second kappa shape index (κ2) is 7.60. The fourth-order valence-corrected chi connectivity index (χ4v) is 2.58. The highest BCUT2D eigenvalue weighted by molar-refractivity contribution is 6.30. The van der Waals surface area contributed by atoms with Crippen LogP contribution in [-0.4, -0.2) is 17.7 Å². The molecular formula is C18H22ClNO. The molecule has 0 aromatic heterocycles. The van der Waals surface area contributed by atoms with Gasteiger partial charge in [0.25, 0.3) is 0 Å². The topological polar surface area (TPSA) is 32.3 Å². The molecule has 2 nitrogen and oxygen atoms in total. The molecule has 2 aromatic rings. The molecule has 0 amide bonds. The molecule has 0 aliphatic heterocycles. The summed E-state index contributed by atoms with van der Waals surface area (Å²) >= 11 is 5.94. The molecule has 0 radical (unpaired) electrons. The van der Waals surface area contributed by atoms with Crippen molar-refractivity contribution in [2.75, 3.05) is 6.54 Å². The van der Waals surface area contributed by atoms with E-state index in [-0.39, 0.29) is 0 Å². The van der Waals surface area contributed by atoms with Crippen LogP contribution in [0.5, 0.6) is 0 Å². The summed E-state index contributed by atoms with van der Waals surface area (Å²) in [6.45, 7) is 4.79. The molecule has 2 N–H and O–H groups in total. The minimum absolute atomic E-state index is 0.305. The minimum Gasteiger partial charge on any atom is -0.387 e. The third kappa shape index (κ3) is 4.85. The molecule has 2 atom stereocenters. The van der Waals surface area contributed by atoms with Gasteiger partial charge in [-0.25, -0.2) is 0 Å². The zero-order valence-corrected chi connectivity index (χ0v) is 13.3. The molecule has 112 valence electrons. The van der Waals surface area contributed by atoms with Crippen molar-refractivity contribution in [2.45, 2.75) is 32.4 Å². The molecule has 0 saturated carbocycles. The van der Waals surface area contributed by atoms with Crippen molar-refractivity contribution in [3.63, 3.8) is 0 Å². The summed E-state index contributed by atoms with van der Waals surface area (Å²) in [7, 11) is 0. The molecular weight excluding hydrogens is 282 g/mol. The Hall–Kier alpha value is -1.35. The molecule has 3 heteroatoms. The molecule has 0 fully saturated rings. The number of hydrogen-bond donors (Lipinski definition) is 2. The predicted octanol–water partition coefficient (Wildman–Crippen LogP) is 3.90. The minimum atomic E-state index is -0.539. The Morgan fingerprint density at radius 2 is 1.90 bits per heavy atom. The Kier molecular flexibility index (Phi) is 5.80. The number of aliphatic hydroxyl groups is 1. The molecule has 0 heterocycles. The molecule has 0 spiro atoms. The van der Waals surface area contributed by atoms with Gasteiger partial charge in [0.05, 0.1) is 6.10 Å². The lowest BCUT2D eigenvalue weighted by Crippen LogP contribution is -2.32. The van der Waals surface area contributed by atoms with Crippen molar-refractivity contribution in [1.29, 1.82) is 0 Å². The summed E-state index contributed by atoms with van der Waals surface area (Å²) in [4.78, 5) is 0. The SMILES string of the molecule is Cc1ccccc1CC(C)NC[C@H](O)c1cccc(Cl)c1. The van der Waals surface area contributed by atoms with Crippen LogP contribution in [-0.2, 0) is 6.42 Å². The van der Waals surface area contributed by atoms with E-state index in [1.54, 1.807) is 6.07 Å². The number of aryl methyl sites for hydroxylation is 1. The van der Waals surface area contributed by atoms with Crippen molar-refractivity contribution in [3.05, 3.63) is 70.2 Å². The van der Waals surface area contributed by atoms with Crippen LogP contribution in [0.25, 0.3) is 0 Å². The number of benzene rings is 2. The van der Waals surface area contributed by atoms with Gasteiger partial charge in [-0.3, -0.25) is 0 Å². The van der Waals surface area contributed by atoms with E-state index in [4.69, 9.17) is 11.6 Å². The van der Waals surface area contributed by atoms with E-state index < -0.39 is 6.10 Å². The molecule has 21 heavy (non-hydrogen) atoms. The van der Waals surface area contributed by atoms with Crippen molar-refractivity contribution in [3.8, 4) is 0 Å². The maximum Gasteiger partial charge on any atom is 0.0914 e. The standard InChI is InChI=1S/C18H22ClNO/c1-13-6-3-4-7-15(13)10-14(2)20-12-18(21)16-8-5-9-17(19)11-16/h3-9,11,14,18,20-21H,10,12H2,1-2H3/t14?,18-/m0/s1. The van der Waals surface area contributed by atoms with E-state index in [2.05, 4.69) is 43.4 Å². The van der Waals surface area contributed by atoms with Gasteiger partial charge in [-0.05, 0) is 49.1 Å². The lowest BCUT2D eigenvalue weighted by molar-refractivity contribution is 0.170. The summed E-state index contributed by atoms with van der Waals surface area (Å²) in [5, 5.41) is 14.2. The van der Waals surface area contributed by atoms with Gasteiger partial charge in [-0.1, -0.05) is 48.0 Å². The Morgan fingerprint density at radius 1 is 1.14 bits per heavy atom. The van der Waals surface area contributed by atoms with Crippen LogP contribution in [0, 0.1) is 6.92 Å². The van der Waals surface area contributed by atoms with E-state index in [1.807, 2.05) is 18.2 Å². The molecule has 0 bridgehead atoms. The van der Waals surface area contributed by atoms with Gasteiger partial charge >= 0.3 is 0 Å². The molecule has 0 saturated heterocycles. The van der Waals surface area contributed by atoms with Crippen LogP contribution in [0.15, 0.2) is 48.5 Å². The normalized spacial score (nSPS) is 13.9. The number of halogens is 1. The van der Waals surface area contributed by atoms with Crippen molar-refractivity contribution in [2.24, 2.45) is 0 Å². The van der Waals surface area contributed by atoms with E-state index in [0.717, 1.165) is 12.0 Å². The first-order valence-corrected chi connectivity index (χ1v) is 7.65. The summed E-state index contributed by atoms with van der Waals surface area (Å²) in [5.74, 6) is 0. The van der Waals surface area contributed by atoms with Crippen LogP contribution >= 0.6 is 11.6 Å².